The molecule has 2 rings (SSSR count). The Bertz CT molecular complexity index is 482. The standard InChI is InChI=1S/C13H15N3O/c1-2-7-17-11-5-3-10(4-6-11)12-8-13(14)16-9-15-12/h3-6,8-9H,2,7H2,1H3,(H2,14,15,16). The van der Waals surface area contributed by atoms with E-state index in [0.29, 0.717) is 5.82 Å². The zero-order valence-corrected chi connectivity index (χ0v) is 9.76. The average Bonchev–Trinajstić information content (AvgIpc) is 2.37. The first kappa shape index (κ1) is 11.4. The van der Waals surface area contributed by atoms with Crippen LogP contribution < -0.4 is 10.5 Å². The number of anilines is 1. The SMILES string of the molecule is CCCOc1ccc(-c2cc(N)ncn2)cc1. The number of ether oxygens (including phenoxy) is 1. The number of aromatic nitrogens is 2. The first-order valence-electron chi connectivity index (χ1n) is 5.60. The lowest BCUT2D eigenvalue weighted by Crippen LogP contribution is -1.95. The van der Waals surface area contributed by atoms with Crippen molar-refractivity contribution in [2.24, 2.45) is 0 Å². The number of hydrogen-bond donors (Lipinski definition) is 1. The van der Waals surface area contributed by atoms with E-state index in [4.69, 9.17) is 10.5 Å². The molecule has 0 fully saturated rings. The summed E-state index contributed by atoms with van der Waals surface area (Å²) in [4.78, 5) is 8.04. The van der Waals surface area contributed by atoms with Crippen LogP contribution in [0.25, 0.3) is 11.3 Å². The van der Waals surface area contributed by atoms with E-state index in [1.807, 2.05) is 24.3 Å². The minimum Gasteiger partial charge on any atom is -0.494 e. The van der Waals surface area contributed by atoms with Crippen LogP contribution in [0.4, 0.5) is 5.82 Å². The van der Waals surface area contributed by atoms with Crippen LogP contribution in [-0.2, 0) is 0 Å². The van der Waals surface area contributed by atoms with Crippen molar-refractivity contribution >= 4 is 5.82 Å². The molecule has 0 bridgehead atoms. The van der Waals surface area contributed by atoms with Crippen molar-refractivity contribution < 1.29 is 4.74 Å². The van der Waals surface area contributed by atoms with E-state index in [-0.39, 0.29) is 0 Å². The van der Waals surface area contributed by atoms with Gasteiger partial charge >= 0.3 is 0 Å². The van der Waals surface area contributed by atoms with Gasteiger partial charge in [-0.3, -0.25) is 0 Å². The number of hydrogen-bond acceptors (Lipinski definition) is 4. The van der Waals surface area contributed by atoms with Gasteiger partial charge in [0.25, 0.3) is 0 Å². The summed E-state index contributed by atoms with van der Waals surface area (Å²) in [7, 11) is 0. The molecule has 17 heavy (non-hydrogen) atoms. The third-order valence-electron chi connectivity index (χ3n) is 2.31. The molecule has 2 N–H and O–H groups in total. The van der Waals surface area contributed by atoms with Crippen molar-refractivity contribution in [1.82, 2.24) is 9.97 Å². The number of nitrogens with two attached hydrogens (primary N) is 1. The Morgan fingerprint density at radius 3 is 2.59 bits per heavy atom. The van der Waals surface area contributed by atoms with Gasteiger partial charge in [0.1, 0.15) is 17.9 Å². The summed E-state index contributed by atoms with van der Waals surface area (Å²) in [5.74, 6) is 1.35. The third kappa shape index (κ3) is 2.93. The molecule has 0 aliphatic carbocycles. The number of nitrogens with zero attached hydrogens (tertiary/aromatic N) is 2. The van der Waals surface area contributed by atoms with Crippen LogP contribution in [0.3, 0.4) is 0 Å². The zero-order chi connectivity index (χ0) is 12.1. The predicted octanol–water partition coefficient (Wildman–Crippen LogP) is 2.51. The van der Waals surface area contributed by atoms with Crippen molar-refractivity contribution in [1.29, 1.82) is 0 Å². The second kappa shape index (κ2) is 5.30. The molecular formula is C13H15N3O. The Labute approximate surface area is 100 Å². The van der Waals surface area contributed by atoms with Crippen molar-refractivity contribution in [2.75, 3.05) is 12.3 Å². The maximum atomic E-state index is 5.62. The van der Waals surface area contributed by atoms with Gasteiger partial charge in [-0.1, -0.05) is 6.92 Å². The van der Waals surface area contributed by atoms with Crippen LogP contribution in [0.15, 0.2) is 36.7 Å². The maximum Gasteiger partial charge on any atom is 0.127 e. The van der Waals surface area contributed by atoms with Gasteiger partial charge in [-0.15, -0.1) is 0 Å². The molecule has 0 unspecified atom stereocenters. The van der Waals surface area contributed by atoms with Gasteiger partial charge in [-0.05, 0) is 30.7 Å². The fraction of sp³-hybridized carbons (Fsp3) is 0.231. The molecule has 0 aliphatic heterocycles. The molecule has 1 heterocycles. The summed E-state index contributed by atoms with van der Waals surface area (Å²) in [5.41, 5.74) is 7.44. The monoisotopic (exact) mass is 229 g/mol. The fourth-order valence-corrected chi connectivity index (χ4v) is 1.47. The second-order valence-electron chi connectivity index (χ2n) is 3.70. The number of nitrogen functional groups attached to an aromatic ring is 1. The number of benzene rings is 1. The molecular weight excluding hydrogens is 214 g/mol. The van der Waals surface area contributed by atoms with Gasteiger partial charge in [-0.25, -0.2) is 9.97 Å². The molecule has 2 aromatic rings. The molecule has 0 amide bonds. The summed E-state index contributed by atoms with van der Waals surface area (Å²) in [6.07, 6.45) is 2.47. The summed E-state index contributed by atoms with van der Waals surface area (Å²) in [6, 6.07) is 9.55. The molecule has 0 spiro atoms. The smallest absolute Gasteiger partial charge is 0.127 e. The maximum absolute atomic E-state index is 5.62. The quantitative estimate of drug-likeness (QED) is 0.875. The van der Waals surface area contributed by atoms with E-state index in [1.165, 1.54) is 6.33 Å². The van der Waals surface area contributed by atoms with Crippen LogP contribution in [0.2, 0.25) is 0 Å². The summed E-state index contributed by atoms with van der Waals surface area (Å²) in [5, 5.41) is 0. The molecule has 4 heteroatoms. The van der Waals surface area contributed by atoms with E-state index in [1.54, 1.807) is 6.07 Å². The van der Waals surface area contributed by atoms with Crippen LogP contribution >= 0.6 is 0 Å². The van der Waals surface area contributed by atoms with E-state index in [0.717, 1.165) is 30.0 Å². The molecule has 0 radical (unpaired) electrons. The lowest BCUT2D eigenvalue weighted by molar-refractivity contribution is 0.317. The van der Waals surface area contributed by atoms with Crippen LogP contribution in [0.5, 0.6) is 5.75 Å². The highest BCUT2D eigenvalue weighted by atomic mass is 16.5. The Hall–Kier alpha value is -2.10. The van der Waals surface area contributed by atoms with E-state index in [2.05, 4.69) is 16.9 Å². The molecule has 1 aromatic carbocycles. The molecule has 0 saturated carbocycles. The zero-order valence-electron chi connectivity index (χ0n) is 9.76. The third-order valence-corrected chi connectivity index (χ3v) is 2.31. The minimum absolute atomic E-state index is 0.473. The van der Waals surface area contributed by atoms with Crippen LogP contribution in [-0.4, -0.2) is 16.6 Å². The Kier molecular flexibility index (Phi) is 3.55. The van der Waals surface area contributed by atoms with Crippen molar-refractivity contribution in [3.8, 4) is 17.0 Å². The van der Waals surface area contributed by atoms with E-state index < -0.39 is 0 Å². The molecule has 4 nitrogen and oxygen atoms in total. The van der Waals surface area contributed by atoms with Gasteiger partial charge in [-0.2, -0.15) is 0 Å². The average molecular weight is 229 g/mol. The fourth-order valence-electron chi connectivity index (χ4n) is 1.47. The van der Waals surface area contributed by atoms with Gasteiger partial charge < -0.3 is 10.5 Å². The first-order chi connectivity index (χ1) is 8.29. The summed E-state index contributed by atoms with van der Waals surface area (Å²) >= 11 is 0. The number of rotatable bonds is 4. The Morgan fingerprint density at radius 1 is 1.18 bits per heavy atom. The Morgan fingerprint density at radius 2 is 1.94 bits per heavy atom. The van der Waals surface area contributed by atoms with Gasteiger partial charge in [0.15, 0.2) is 0 Å². The van der Waals surface area contributed by atoms with Crippen molar-refractivity contribution in [3.05, 3.63) is 36.7 Å². The molecule has 0 aliphatic rings. The summed E-state index contributed by atoms with van der Waals surface area (Å²) in [6.45, 7) is 2.82. The molecule has 1 aromatic heterocycles. The van der Waals surface area contributed by atoms with Crippen LogP contribution in [0, 0.1) is 0 Å². The van der Waals surface area contributed by atoms with Crippen molar-refractivity contribution in [2.45, 2.75) is 13.3 Å². The van der Waals surface area contributed by atoms with Crippen molar-refractivity contribution in [3.63, 3.8) is 0 Å². The van der Waals surface area contributed by atoms with E-state index in [9.17, 15) is 0 Å². The highest BCUT2D eigenvalue weighted by molar-refractivity contribution is 5.62. The highest BCUT2D eigenvalue weighted by Gasteiger charge is 2.00. The molecule has 0 atom stereocenters. The highest BCUT2D eigenvalue weighted by Crippen LogP contribution is 2.21. The molecule has 0 saturated heterocycles. The van der Waals surface area contributed by atoms with Gasteiger partial charge in [0, 0.05) is 11.6 Å². The lowest BCUT2D eigenvalue weighted by atomic mass is 10.1. The van der Waals surface area contributed by atoms with Crippen LogP contribution in [0.1, 0.15) is 13.3 Å². The topological polar surface area (TPSA) is 61.0 Å². The second-order valence-corrected chi connectivity index (χ2v) is 3.70. The minimum atomic E-state index is 0.473. The van der Waals surface area contributed by atoms with E-state index >= 15 is 0 Å². The normalized spacial score (nSPS) is 10.2. The lowest BCUT2D eigenvalue weighted by Gasteiger charge is -2.05. The van der Waals surface area contributed by atoms with Gasteiger partial charge in [0.05, 0.1) is 12.3 Å². The summed E-state index contributed by atoms with van der Waals surface area (Å²) < 4.78 is 5.51. The Balaban J connectivity index is 2.17. The van der Waals surface area contributed by atoms with Gasteiger partial charge in [0.2, 0.25) is 0 Å². The first-order valence-corrected chi connectivity index (χ1v) is 5.60. The predicted molar refractivity (Wildman–Crippen MR) is 67.7 cm³/mol. The largest absolute Gasteiger partial charge is 0.494 e. The molecule has 88 valence electrons.